The summed E-state index contributed by atoms with van der Waals surface area (Å²) in [4.78, 5) is 0. The molecule has 1 aromatic rings. The Morgan fingerprint density at radius 3 is 2.64 bits per heavy atom. The van der Waals surface area contributed by atoms with Gasteiger partial charge in [-0.15, -0.1) is 12.4 Å². The van der Waals surface area contributed by atoms with Gasteiger partial charge in [-0.2, -0.15) is 0 Å². The molecule has 0 aliphatic carbocycles. The summed E-state index contributed by atoms with van der Waals surface area (Å²) < 4.78 is 0. The number of para-hydroxylation sites is 1. The molecule has 78 valence electrons. The Labute approximate surface area is 91.7 Å². The zero-order valence-electron chi connectivity index (χ0n) is 8.44. The summed E-state index contributed by atoms with van der Waals surface area (Å²) in [6, 6.07) is 11.1. The molecule has 0 spiro atoms. The summed E-state index contributed by atoms with van der Waals surface area (Å²) in [5, 5.41) is 2.24. The normalized spacial score (nSPS) is 21.5. The van der Waals surface area contributed by atoms with Crippen LogP contribution < -0.4 is 10.4 Å². The topological polar surface area (TPSA) is 15.3 Å². The Balaban J connectivity index is 0.000000980. The van der Waals surface area contributed by atoms with Crippen molar-refractivity contribution in [3.05, 3.63) is 30.3 Å². The van der Waals surface area contributed by atoms with Crippen molar-refractivity contribution >= 4 is 18.1 Å². The average molecular weight is 213 g/mol. The lowest BCUT2D eigenvalue weighted by atomic mass is 10.1. The lowest BCUT2D eigenvalue weighted by Gasteiger charge is -2.33. The molecule has 1 fully saturated rings. The maximum absolute atomic E-state index is 3.47. The zero-order valence-corrected chi connectivity index (χ0v) is 9.26. The van der Waals surface area contributed by atoms with Gasteiger partial charge in [0.25, 0.3) is 0 Å². The van der Waals surface area contributed by atoms with Gasteiger partial charge in [-0.1, -0.05) is 18.2 Å². The molecular formula is C11H17ClN2. The van der Waals surface area contributed by atoms with E-state index in [2.05, 4.69) is 47.7 Å². The maximum Gasteiger partial charge on any atom is 0.0519 e. The van der Waals surface area contributed by atoms with Crippen molar-refractivity contribution in [3.8, 4) is 0 Å². The van der Waals surface area contributed by atoms with Crippen LogP contribution in [-0.2, 0) is 0 Å². The minimum Gasteiger partial charge on any atom is -0.308 e. The van der Waals surface area contributed by atoms with Crippen molar-refractivity contribution in [2.24, 2.45) is 0 Å². The van der Waals surface area contributed by atoms with E-state index in [0.717, 1.165) is 6.54 Å². The zero-order chi connectivity index (χ0) is 9.10. The number of rotatable bonds is 1. The predicted molar refractivity (Wildman–Crippen MR) is 62.9 cm³/mol. The lowest BCUT2D eigenvalue weighted by molar-refractivity contribution is 0.418. The van der Waals surface area contributed by atoms with E-state index in [-0.39, 0.29) is 12.4 Å². The van der Waals surface area contributed by atoms with Gasteiger partial charge in [0, 0.05) is 12.6 Å². The second kappa shape index (κ2) is 5.23. The van der Waals surface area contributed by atoms with Crippen LogP contribution in [0.15, 0.2) is 30.3 Å². The molecule has 0 amide bonds. The van der Waals surface area contributed by atoms with Crippen LogP contribution in [0.1, 0.15) is 19.8 Å². The summed E-state index contributed by atoms with van der Waals surface area (Å²) in [6.45, 7) is 3.35. The molecule has 14 heavy (non-hydrogen) atoms. The Morgan fingerprint density at radius 1 is 1.29 bits per heavy atom. The second-order valence-corrected chi connectivity index (χ2v) is 3.66. The summed E-state index contributed by atoms with van der Waals surface area (Å²) in [5.74, 6) is 0. The van der Waals surface area contributed by atoms with Crippen molar-refractivity contribution in [2.75, 3.05) is 11.6 Å². The number of hydrogen-bond acceptors (Lipinski definition) is 2. The predicted octanol–water partition coefficient (Wildman–Crippen LogP) is 2.60. The summed E-state index contributed by atoms with van der Waals surface area (Å²) in [5.41, 5.74) is 4.74. The highest BCUT2D eigenvalue weighted by Crippen LogP contribution is 2.16. The van der Waals surface area contributed by atoms with Crippen molar-refractivity contribution in [2.45, 2.75) is 25.8 Å². The fourth-order valence-electron chi connectivity index (χ4n) is 1.76. The molecule has 0 radical (unpaired) electrons. The number of hydrogen-bond donors (Lipinski definition) is 1. The lowest BCUT2D eigenvalue weighted by Crippen LogP contribution is -2.48. The highest BCUT2D eigenvalue weighted by Gasteiger charge is 2.14. The molecule has 2 rings (SSSR count). The molecule has 3 heteroatoms. The molecule has 0 aromatic heterocycles. The first kappa shape index (κ1) is 11.3. The molecule has 1 aliphatic heterocycles. The van der Waals surface area contributed by atoms with E-state index in [9.17, 15) is 0 Å². The maximum atomic E-state index is 3.47. The first-order valence-corrected chi connectivity index (χ1v) is 4.95. The minimum absolute atomic E-state index is 0. The van der Waals surface area contributed by atoms with Crippen molar-refractivity contribution in [1.82, 2.24) is 5.43 Å². The molecule has 1 aliphatic rings. The van der Waals surface area contributed by atoms with E-state index in [4.69, 9.17) is 0 Å². The summed E-state index contributed by atoms with van der Waals surface area (Å²) in [6.07, 6.45) is 2.56. The van der Waals surface area contributed by atoms with Crippen molar-refractivity contribution in [1.29, 1.82) is 0 Å². The van der Waals surface area contributed by atoms with E-state index < -0.39 is 0 Å². The Morgan fingerprint density at radius 2 is 2.00 bits per heavy atom. The standard InChI is InChI=1S/C11H16N2.ClH/c1-10-6-5-9-13(12-10)11-7-3-2-4-8-11;/h2-4,7-8,10,12H,5-6,9H2,1H3;1H. The van der Waals surface area contributed by atoms with Crippen LogP contribution in [0.25, 0.3) is 0 Å². The van der Waals surface area contributed by atoms with Crippen LogP contribution >= 0.6 is 12.4 Å². The molecule has 1 heterocycles. The van der Waals surface area contributed by atoms with Crippen LogP contribution in [0.2, 0.25) is 0 Å². The van der Waals surface area contributed by atoms with Gasteiger partial charge in [-0.3, -0.25) is 0 Å². The molecule has 1 aromatic carbocycles. The van der Waals surface area contributed by atoms with E-state index in [1.54, 1.807) is 0 Å². The number of anilines is 1. The van der Waals surface area contributed by atoms with Gasteiger partial charge < -0.3 is 5.01 Å². The summed E-state index contributed by atoms with van der Waals surface area (Å²) >= 11 is 0. The Hall–Kier alpha value is -0.730. The number of halogens is 1. The number of hydrazine groups is 1. The molecule has 1 atom stereocenters. The quantitative estimate of drug-likeness (QED) is 0.770. The molecule has 1 saturated heterocycles. The Kier molecular flexibility index (Phi) is 4.23. The van der Waals surface area contributed by atoms with Crippen molar-refractivity contribution < 1.29 is 0 Å². The number of nitrogens with one attached hydrogen (secondary N) is 1. The van der Waals surface area contributed by atoms with Gasteiger partial charge in [0.2, 0.25) is 0 Å². The fraction of sp³-hybridized carbons (Fsp3) is 0.455. The molecular weight excluding hydrogens is 196 g/mol. The van der Waals surface area contributed by atoms with Crippen LogP contribution in [0, 0.1) is 0 Å². The van der Waals surface area contributed by atoms with Crippen molar-refractivity contribution in [3.63, 3.8) is 0 Å². The number of nitrogens with zero attached hydrogens (tertiary/aromatic N) is 1. The minimum atomic E-state index is 0. The first-order valence-electron chi connectivity index (χ1n) is 4.95. The van der Waals surface area contributed by atoms with Crippen LogP contribution in [0.3, 0.4) is 0 Å². The highest BCUT2D eigenvalue weighted by molar-refractivity contribution is 5.85. The van der Waals surface area contributed by atoms with Gasteiger partial charge in [-0.05, 0) is 31.9 Å². The third-order valence-corrected chi connectivity index (χ3v) is 2.46. The number of benzene rings is 1. The molecule has 0 bridgehead atoms. The fourth-order valence-corrected chi connectivity index (χ4v) is 1.76. The molecule has 2 nitrogen and oxygen atoms in total. The average Bonchev–Trinajstić information content (AvgIpc) is 2.19. The Bertz CT molecular complexity index is 263. The van der Waals surface area contributed by atoms with Gasteiger partial charge in [0.15, 0.2) is 0 Å². The van der Waals surface area contributed by atoms with E-state index in [0.29, 0.717) is 6.04 Å². The molecule has 1 unspecified atom stereocenters. The van der Waals surface area contributed by atoms with Crippen LogP contribution in [0.4, 0.5) is 5.69 Å². The van der Waals surface area contributed by atoms with Crippen LogP contribution in [-0.4, -0.2) is 12.6 Å². The summed E-state index contributed by atoms with van der Waals surface area (Å²) in [7, 11) is 0. The first-order chi connectivity index (χ1) is 6.36. The van der Waals surface area contributed by atoms with Gasteiger partial charge in [-0.25, -0.2) is 5.43 Å². The van der Waals surface area contributed by atoms with E-state index in [1.165, 1.54) is 18.5 Å². The van der Waals surface area contributed by atoms with Gasteiger partial charge in [0.1, 0.15) is 0 Å². The monoisotopic (exact) mass is 212 g/mol. The van der Waals surface area contributed by atoms with Gasteiger partial charge >= 0.3 is 0 Å². The third-order valence-electron chi connectivity index (χ3n) is 2.46. The molecule has 0 saturated carbocycles. The van der Waals surface area contributed by atoms with E-state index >= 15 is 0 Å². The molecule has 1 N–H and O–H groups in total. The van der Waals surface area contributed by atoms with E-state index in [1.807, 2.05) is 0 Å². The third kappa shape index (κ3) is 2.63. The highest BCUT2D eigenvalue weighted by atomic mass is 35.5. The SMILES string of the molecule is CC1CCCN(c2ccccc2)N1.Cl. The largest absolute Gasteiger partial charge is 0.308 e. The van der Waals surface area contributed by atoms with Gasteiger partial charge in [0.05, 0.1) is 5.69 Å². The smallest absolute Gasteiger partial charge is 0.0519 e. The second-order valence-electron chi connectivity index (χ2n) is 3.66. The van der Waals surface area contributed by atoms with Crippen LogP contribution in [0.5, 0.6) is 0 Å².